The van der Waals surface area contributed by atoms with E-state index < -0.39 is 0 Å². The van der Waals surface area contributed by atoms with Gasteiger partial charge in [-0.25, -0.2) is 4.98 Å². The van der Waals surface area contributed by atoms with E-state index in [0.29, 0.717) is 17.8 Å². The Morgan fingerprint density at radius 2 is 2.23 bits per heavy atom. The van der Waals surface area contributed by atoms with Crippen LogP contribution in [0.2, 0.25) is 0 Å². The second-order valence-corrected chi connectivity index (χ2v) is 7.05. The number of aryl methyl sites for hydroxylation is 2. The molecule has 0 unspecified atom stereocenters. The van der Waals surface area contributed by atoms with Gasteiger partial charge in [-0.05, 0) is 33.1 Å². The van der Waals surface area contributed by atoms with Gasteiger partial charge in [0, 0.05) is 24.0 Å². The van der Waals surface area contributed by atoms with Crippen molar-refractivity contribution in [3.8, 4) is 0 Å². The van der Waals surface area contributed by atoms with Crippen molar-refractivity contribution in [3.63, 3.8) is 0 Å². The molecule has 0 aliphatic carbocycles. The van der Waals surface area contributed by atoms with E-state index in [0.717, 1.165) is 38.0 Å². The lowest BCUT2D eigenvalue weighted by Gasteiger charge is -2.34. The number of hydrogen-bond acceptors (Lipinski definition) is 7. The van der Waals surface area contributed by atoms with Gasteiger partial charge >= 0.3 is 0 Å². The second kappa shape index (κ2) is 5.72. The normalized spacial score (nSPS) is 28.9. The maximum Gasteiger partial charge on any atom is 0.255 e. The van der Waals surface area contributed by atoms with E-state index in [1.807, 2.05) is 12.4 Å². The van der Waals surface area contributed by atoms with Gasteiger partial charge in [0.05, 0.1) is 17.3 Å². The zero-order valence-corrected chi connectivity index (χ0v) is 13.7. The number of ether oxygens (including phenoxy) is 1. The van der Waals surface area contributed by atoms with Crippen LogP contribution in [0.5, 0.6) is 0 Å². The molecule has 2 saturated heterocycles. The number of fused-ring (bicyclic) bond motifs is 1. The van der Waals surface area contributed by atoms with Crippen molar-refractivity contribution in [1.29, 1.82) is 0 Å². The molecule has 2 aliphatic heterocycles. The van der Waals surface area contributed by atoms with Crippen LogP contribution in [0.15, 0.2) is 10.0 Å². The Morgan fingerprint density at radius 3 is 2.95 bits per heavy atom. The third-order valence-electron chi connectivity index (χ3n) is 4.67. The molecule has 0 bridgehead atoms. The van der Waals surface area contributed by atoms with Crippen molar-refractivity contribution >= 4 is 11.3 Å². The first-order chi connectivity index (χ1) is 10.7. The van der Waals surface area contributed by atoms with E-state index in [1.54, 1.807) is 11.3 Å². The fraction of sp³-hybridized carbons (Fsp3) is 0.667. The summed E-state index contributed by atoms with van der Waals surface area (Å²) in [6.45, 7) is 6.01. The van der Waals surface area contributed by atoms with Crippen LogP contribution in [0.4, 0.5) is 0 Å². The molecule has 2 aromatic heterocycles. The van der Waals surface area contributed by atoms with Gasteiger partial charge in [0.2, 0.25) is 0 Å². The Bertz CT molecular complexity index is 656. The molecular weight excluding hydrogens is 300 g/mol. The van der Waals surface area contributed by atoms with E-state index in [4.69, 9.17) is 9.26 Å². The van der Waals surface area contributed by atoms with E-state index in [-0.39, 0.29) is 12.2 Å². The Kier molecular flexibility index (Phi) is 3.71. The molecule has 2 fully saturated rings. The smallest absolute Gasteiger partial charge is 0.255 e. The summed E-state index contributed by atoms with van der Waals surface area (Å²) in [5, 5.41) is 3.87. The van der Waals surface area contributed by atoms with E-state index >= 15 is 0 Å². The molecule has 0 saturated carbocycles. The van der Waals surface area contributed by atoms with Crippen molar-refractivity contribution in [2.75, 3.05) is 6.54 Å². The van der Waals surface area contributed by atoms with Crippen LogP contribution in [-0.2, 0) is 11.3 Å². The number of aromatic nitrogens is 3. The Hall–Kier alpha value is -1.31. The van der Waals surface area contributed by atoms with Crippen LogP contribution in [0.25, 0.3) is 0 Å². The number of nitrogens with zero attached hydrogens (tertiary/aromatic N) is 4. The molecule has 4 heterocycles. The number of thiazole rings is 1. The van der Waals surface area contributed by atoms with Gasteiger partial charge in [0.15, 0.2) is 5.82 Å². The molecule has 22 heavy (non-hydrogen) atoms. The summed E-state index contributed by atoms with van der Waals surface area (Å²) in [5.74, 6) is 1.31. The molecule has 0 spiro atoms. The molecular formula is C15H20N4O2S. The molecule has 0 radical (unpaired) electrons. The lowest BCUT2D eigenvalue weighted by Crippen LogP contribution is -2.40. The van der Waals surface area contributed by atoms with E-state index in [2.05, 4.69) is 26.9 Å². The van der Waals surface area contributed by atoms with Crippen LogP contribution >= 0.6 is 11.3 Å². The molecule has 3 atom stereocenters. The molecule has 0 aromatic carbocycles. The lowest BCUT2D eigenvalue weighted by molar-refractivity contribution is -0.0831. The summed E-state index contributed by atoms with van der Waals surface area (Å²) in [7, 11) is 0. The topological polar surface area (TPSA) is 64.3 Å². The highest BCUT2D eigenvalue weighted by atomic mass is 32.1. The Labute approximate surface area is 133 Å². The predicted molar refractivity (Wildman–Crippen MR) is 81.5 cm³/mol. The number of hydrogen-bond donors (Lipinski definition) is 0. The summed E-state index contributed by atoms with van der Waals surface area (Å²) in [6, 6.07) is 0.502. The summed E-state index contributed by atoms with van der Waals surface area (Å²) in [6.07, 6.45) is 3.38. The predicted octanol–water partition coefficient (Wildman–Crippen LogP) is 2.64. The van der Waals surface area contributed by atoms with Crippen molar-refractivity contribution < 1.29 is 9.26 Å². The second-order valence-electron chi connectivity index (χ2n) is 6.11. The number of likely N-dealkylation sites (tertiary alicyclic amines) is 1. The average Bonchev–Trinajstić information content (AvgIpc) is 3.21. The van der Waals surface area contributed by atoms with Crippen LogP contribution < -0.4 is 0 Å². The summed E-state index contributed by atoms with van der Waals surface area (Å²) < 4.78 is 11.5. The maximum atomic E-state index is 6.24. The summed E-state index contributed by atoms with van der Waals surface area (Å²) in [5.41, 5.74) is 3.09. The highest BCUT2D eigenvalue weighted by Crippen LogP contribution is 2.38. The van der Waals surface area contributed by atoms with Crippen molar-refractivity contribution in [1.82, 2.24) is 20.0 Å². The minimum atomic E-state index is -0.0347. The van der Waals surface area contributed by atoms with Crippen LogP contribution in [-0.4, -0.2) is 38.7 Å². The molecule has 2 aromatic rings. The maximum absolute atomic E-state index is 6.24. The van der Waals surface area contributed by atoms with Gasteiger partial charge in [-0.1, -0.05) is 5.16 Å². The average molecular weight is 320 g/mol. The van der Waals surface area contributed by atoms with E-state index in [9.17, 15) is 0 Å². The molecule has 6 nitrogen and oxygen atoms in total. The third kappa shape index (κ3) is 2.57. The van der Waals surface area contributed by atoms with Crippen LogP contribution in [0.3, 0.4) is 0 Å². The van der Waals surface area contributed by atoms with Gasteiger partial charge in [0.25, 0.3) is 5.89 Å². The molecule has 2 aliphatic rings. The third-order valence-corrected chi connectivity index (χ3v) is 5.59. The molecule has 118 valence electrons. The quantitative estimate of drug-likeness (QED) is 0.866. The minimum absolute atomic E-state index is 0.0347. The first-order valence-corrected chi connectivity index (χ1v) is 8.67. The van der Waals surface area contributed by atoms with Gasteiger partial charge in [-0.2, -0.15) is 4.98 Å². The molecule has 0 amide bonds. The Balaban J connectivity index is 1.43. The van der Waals surface area contributed by atoms with Gasteiger partial charge in [-0.3, -0.25) is 4.90 Å². The lowest BCUT2D eigenvalue weighted by atomic mass is 9.99. The zero-order chi connectivity index (χ0) is 15.1. The SMILES string of the molecule is Cc1noc([C@@H]2CC[C@H]3[C@H](CCN3Cc3scnc3C)O2)n1. The standard InChI is InChI=1S/C15H20N4O2S/c1-9-14(22-8-16-9)7-19-6-5-12-11(19)3-4-13(20-12)15-17-10(2)18-21-15/h8,11-13H,3-7H2,1-2H3/t11-,12-,13-/m0/s1. The van der Waals surface area contributed by atoms with E-state index in [1.165, 1.54) is 4.88 Å². The Morgan fingerprint density at radius 1 is 1.32 bits per heavy atom. The first kappa shape index (κ1) is 14.3. The highest BCUT2D eigenvalue weighted by molar-refractivity contribution is 7.09. The number of rotatable bonds is 3. The fourth-order valence-corrected chi connectivity index (χ4v) is 4.30. The van der Waals surface area contributed by atoms with Crippen LogP contribution in [0, 0.1) is 13.8 Å². The van der Waals surface area contributed by atoms with Gasteiger partial charge in [-0.15, -0.1) is 11.3 Å². The van der Waals surface area contributed by atoms with Crippen molar-refractivity contribution in [2.24, 2.45) is 0 Å². The monoisotopic (exact) mass is 320 g/mol. The summed E-state index contributed by atoms with van der Waals surface area (Å²) in [4.78, 5) is 12.6. The molecule has 4 rings (SSSR count). The largest absolute Gasteiger partial charge is 0.363 e. The van der Waals surface area contributed by atoms with Gasteiger partial charge in [0.1, 0.15) is 6.10 Å². The molecule has 7 heteroatoms. The van der Waals surface area contributed by atoms with Crippen molar-refractivity contribution in [2.45, 2.75) is 57.9 Å². The van der Waals surface area contributed by atoms with Crippen LogP contribution in [0.1, 0.15) is 47.7 Å². The van der Waals surface area contributed by atoms with Gasteiger partial charge < -0.3 is 9.26 Å². The highest BCUT2D eigenvalue weighted by Gasteiger charge is 2.41. The molecule has 0 N–H and O–H groups in total. The summed E-state index contributed by atoms with van der Waals surface area (Å²) >= 11 is 1.75. The zero-order valence-electron chi connectivity index (χ0n) is 12.9. The first-order valence-electron chi connectivity index (χ1n) is 7.79. The van der Waals surface area contributed by atoms with Crippen molar-refractivity contribution in [3.05, 3.63) is 27.8 Å². The fourth-order valence-electron chi connectivity index (χ4n) is 3.50. The minimum Gasteiger partial charge on any atom is -0.363 e.